The maximum Gasteiger partial charge on any atom is 0.294 e. The third kappa shape index (κ3) is 4.87. The van der Waals surface area contributed by atoms with Crippen LogP contribution < -0.4 is 10.6 Å². The molecule has 0 unspecified atom stereocenters. The van der Waals surface area contributed by atoms with Crippen LogP contribution in [0.1, 0.15) is 36.2 Å². The average Bonchev–Trinajstić information content (AvgIpc) is 3.13. The molecule has 0 aliphatic heterocycles. The molecule has 3 heterocycles. The molecule has 4 rings (SSSR count). The van der Waals surface area contributed by atoms with E-state index in [1.807, 2.05) is 0 Å². The van der Waals surface area contributed by atoms with Crippen molar-refractivity contribution >= 4 is 57.6 Å². The minimum absolute atomic E-state index is 0.0677. The van der Waals surface area contributed by atoms with Crippen molar-refractivity contribution in [3.63, 3.8) is 0 Å². The van der Waals surface area contributed by atoms with Gasteiger partial charge in [0.1, 0.15) is 22.2 Å². The number of pyridine rings is 2. The number of furan rings is 1. The summed E-state index contributed by atoms with van der Waals surface area (Å²) in [5, 5.41) is 6.21. The first-order valence-corrected chi connectivity index (χ1v) is 11.1. The van der Waals surface area contributed by atoms with E-state index in [0.717, 1.165) is 25.7 Å². The van der Waals surface area contributed by atoms with Crippen molar-refractivity contribution in [3.8, 4) is 0 Å². The van der Waals surface area contributed by atoms with Crippen molar-refractivity contribution in [2.24, 2.45) is 5.92 Å². The Morgan fingerprint density at radius 2 is 1.81 bits per heavy atom. The van der Waals surface area contributed by atoms with Gasteiger partial charge in [-0.3, -0.25) is 9.59 Å². The molecule has 1 aliphatic rings. The summed E-state index contributed by atoms with van der Waals surface area (Å²) in [6.45, 7) is 0. The van der Waals surface area contributed by atoms with Gasteiger partial charge in [-0.1, -0.05) is 23.2 Å². The van der Waals surface area contributed by atoms with Crippen LogP contribution in [0.15, 0.2) is 34.9 Å². The first kappa shape index (κ1) is 22.5. The minimum atomic E-state index is -0.569. The van der Waals surface area contributed by atoms with Gasteiger partial charge in [0.2, 0.25) is 11.7 Å². The molecule has 168 valence electrons. The molecule has 0 radical (unpaired) electrons. The number of amides is 2. The highest BCUT2D eigenvalue weighted by Gasteiger charge is 2.30. The molecule has 10 heteroatoms. The number of hydrogen-bond acceptors (Lipinski definition) is 6. The quantitative estimate of drug-likeness (QED) is 0.511. The summed E-state index contributed by atoms with van der Waals surface area (Å²) in [6, 6.07) is 6.82. The minimum Gasteiger partial charge on any atom is -0.447 e. The van der Waals surface area contributed by atoms with E-state index in [9.17, 15) is 9.59 Å². The molecule has 0 spiro atoms. The highest BCUT2D eigenvalue weighted by Crippen LogP contribution is 2.33. The fourth-order valence-corrected chi connectivity index (χ4v) is 4.19. The van der Waals surface area contributed by atoms with Crippen molar-refractivity contribution in [1.82, 2.24) is 14.9 Å². The summed E-state index contributed by atoms with van der Waals surface area (Å²) in [4.78, 5) is 36.5. The molecule has 1 fully saturated rings. The fraction of sp³-hybridized carbons (Fsp3) is 0.364. The zero-order chi connectivity index (χ0) is 22.8. The largest absolute Gasteiger partial charge is 0.447 e. The molecule has 0 bridgehead atoms. The fourth-order valence-electron chi connectivity index (χ4n) is 3.93. The van der Waals surface area contributed by atoms with E-state index in [-0.39, 0.29) is 28.4 Å². The Balaban J connectivity index is 1.59. The van der Waals surface area contributed by atoms with E-state index < -0.39 is 5.91 Å². The number of fused-ring (bicyclic) bond motifs is 1. The number of aromatic nitrogens is 2. The standard InChI is InChI=1S/C22H23Cl2N5O3/c1-29(2)14-6-3-12(4-7-14)21(30)28-19-18-15(8-9-16(24)26-18)32-20(19)22(31)27-17-10-5-13(23)11-25-17/h5,8-12,14H,3-4,6-7H2,1-2H3,(H,28,30)(H,25,27,31)/t12-,14-. The van der Waals surface area contributed by atoms with Crippen molar-refractivity contribution in [1.29, 1.82) is 0 Å². The van der Waals surface area contributed by atoms with Crippen LogP contribution in [0.4, 0.5) is 11.5 Å². The molecule has 0 saturated heterocycles. The monoisotopic (exact) mass is 475 g/mol. The van der Waals surface area contributed by atoms with Crippen molar-refractivity contribution in [3.05, 3.63) is 46.4 Å². The Bertz CT molecular complexity index is 1140. The summed E-state index contributed by atoms with van der Waals surface area (Å²) in [6.07, 6.45) is 4.85. The average molecular weight is 476 g/mol. The molecule has 2 amide bonds. The molecule has 2 N–H and O–H groups in total. The van der Waals surface area contributed by atoms with Crippen molar-refractivity contribution in [2.75, 3.05) is 24.7 Å². The second kappa shape index (κ2) is 9.44. The third-order valence-corrected chi connectivity index (χ3v) is 6.16. The van der Waals surface area contributed by atoms with E-state index in [1.165, 1.54) is 6.20 Å². The number of carbonyl (C=O) groups excluding carboxylic acids is 2. The van der Waals surface area contributed by atoms with Crippen LogP contribution in [0, 0.1) is 5.92 Å². The first-order chi connectivity index (χ1) is 15.3. The van der Waals surface area contributed by atoms with Gasteiger partial charge >= 0.3 is 0 Å². The smallest absolute Gasteiger partial charge is 0.294 e. The van der Waals surface area contributed by atoms with Crippen LogP contribution in [0.3, 0.4) is 0 Å². The zero-order valence-electron chi connectivity index (χ0n) is 17.7. The molecule has 32 heavy (non-hydrogen) atoms. The number of nitrogens with zero attached hydrogens (tertiary/aromatic N) is 3. The maximum atomic E-state index is 13.1. The second-order valence-corrected chi connectivity index (χ2v) is 8.88. The molecule has 8 nitrogen and oxygen atoms in total. The Morgan fingerprint density at radius 3 is 2.47 bits per heavy atom. The Hall–Kier alpha value is -2.68. The lowest BCUT2D eigenvalue weighted by Gasteiger charge is -2.31. The lowest BCUT2D eigenvalue weighted by Crippen LogP contribution is -2.35. The van der Waals surface area contributed by atoms with Gasteiger partial charge in [-0.2, -0.15) is 0 Å². The normalized spacial score (nSPS) is 18.7. The van der Waals surface area contributed by atoms with Crippen LogP contribution in [0.25, 0.3) is 11.1 Å². The topological polar surface area (TPSA) is 100 Å². The summed E-state index contributed by atoms with van der Waals surface area (Å²) in [5.41, 5.74) is 0.867. The van der Waals surface area contributed by atoms with Crippen LogP contribution >= 0.6 is 23.2 Å². The Kier molecular flexibility index (Phi) is 6.64. The third-order valence-electron chi connectivity index (χ3n) is 5.72. The van der Waals surface area contributed by atoms with Crippen LogP contribution in [0.5, 0.6) is 0 Å². The molecule has 1 saturated carbocycles. The molecule has 0 aromatic carbocycles. The second-order valence-electron chi connectivity index (χ2n) is 8.06. The van der Waals surface area contributed by atoms with E-state index in [1.54, 1.807) is 24.3 Å². The summed E-state index contributed by atoms with van der Waals surface area (Å²) in [7, 11) is 4.11. The summed E-state index contributed by atoms with van der Waals surface area (Å²) < 4.78 is 5.74. The Labute approximate surface area is 195 Å². The maximum absolute atomic E-state index is 13.1. The molecule has 1 aliphatic carbocycles. The molecular formula is C22H23Cl2N5O3. The van der Waals surface area contributed by atoms with E-state index >= 15 is 0 Å². The van der Waals surface area contributed by atoms with Crippen LogP contribution in [-0.2, 0) is 4.79 Å². The van der Waals surface area contributed by atoms with E-state index in [0.29, 0.717) is 28.0 Å². The van der Waals surface area contributed by atoms with Gasteiger partial charge in [-0.05, 0) is 64.0 Å². The number of hydrogen-bond donors (Lipinski definition) is 2. The van der Waals surface area contributed by atoms with Crippen molar-refractivity contribution < 1.29 is 14.0 Å². The van der Waals surface area contributed by atoms with E-state index in [4.69, 9.17) is 27.6 Å². The molecular weight excluding hydrogens is 453 g/mol. The SMILES string of the molecule is CN(C)[C@H]1CC[C@H](C(=O)Nc2c(C(=O)Nc3ccc(Cl)cn3)oc3ccc(Cl)nc23)CC1. The number of anilines is 2. The van der Waals surface area contributed by atoms with Crippen LogP contribution in [0.2, 0.25) is 10.2 Å². The lowest BCUT2D eigenvalue weighted by atomic mass is 9.85. The summed E-state index contributed by atoms with van der Waals surface area (Å²) >= 11 is 11.9. The highest BCUT2D eigenvalue weighted by atomic mass is 35.5. The van der Waals surface area contributed by atoms with Gasteiger partial charge in [0.15, 0.2) is 5.58 Å². The van der Waals surface area contributed by atoms with E-state index in [2.05, 4.69) is 39.6 Å². The highest BCUT2D eigenvalue weighted by molar-refractivity contribution is 6.30. The van der Waals surface area contributed by atoms with Gasteiger partial charge in [0.05, 0.1) is 5.02 Å². The summed E-state index contributed by atoms with van der Waals surface area (Å²) in [5.74, 6) is -0.651. The zero-order valence-corrected chi connectivity index (χ0v) is 19.2. The molecule has 3 aromatic heterocycles. The van der Waals surface area contributed by atoms with Crippen molar-refractivity contribution in [2.45, 2.75) is 31.7 Å². The molecule has 0 atom stereocenters. The first-order valence-electron chi connectivity index (χ1n) is 10.3. The Morgan fingerprint density at radius 1 is 1.06 bits per heavy atom. The lowest BCUT2D eigenvalue weighted by molar-refractivity contribution is -0.121. The van der Waals surface area contributed by atoms with Gasteiger partial charge in [-0.25, -0.2) is 9.97 Å². The number of nitrogens with one attached hydrogen (secondary N) is 2. The predicted molar refractivity (Wildman–Crippen MR) is 124 cm³/mol. The number of carbonyl (C=O) groups is 2. The predicted octanol–water partition coefficient (Wildman–Crippen LogP) is 4.84. The van der Waals surface area contributed by atoms with Crippen LogP contribution in [-0.4, -0.2) is 46.8 Å². The number of halogens is 2. The van der Waals surface area contributed by atoms with Gasteiger partial charge < -0.3 is 20.0 Å². The number of rotatable bonds is 5. The van der Waals surface area contributed by atoms with Gasteiger partial charge in [0.25, 0.3) is 5.91 Å². The molecule has 3 aromatic rings. The van der Waals surface area contributed by atoms with Gasteiger partial charge in [0, 0.05) is 18.2 Å². The van der Waals surface area contributed by atoms with Gasteiger partial charge in [-0.15, -0.1) is 0 Å².